The van der Waals surface area contributed by atoms with Gasteiger partial charge in [-0.25, -0.2) is 4.79 Å². The van der Waals surface area contributed by atoms with E-state index in [0.29, 0.717) is 13.1 Å². The van der Waals surface area contributed by atoms with E-state index in [1.807, 2.05) is 0 Å². The van der Waals surface area contributed by atoms with Crippen molar-refractivity contribution in [3.8, 4) is 5.75 Å². The van der Waals surface area contributed by atoms with Gasteiger partial charge in [0.25, 0.3) is 0 Å². The fourth-order valence-electron chi connectivity index (χ4n) is 2.09. The number of carbonyl (C=O) groups is 1. The molecule has 1 aromatic rings. The summed E-state index contributed by atoms with van der Waals surface area (Å²) in [6.45, 7) is 2.81. The van der Waals surface area contributed by atoms with Crippen molar-refractivity contribution in [2.75, 3.05) is 44.6 Å². The van der Waals surface area contributed by atoms with Crippen LogP contribution in [0.5, 0.6) is 5.75 Å². The quantitative estimate of drug-likeness (QED) is 0.808. The maximum Gasteiger partial charge on any atom is 0.573 e. The molecule has 2 N–H and O–H groups in total. The summed E-state index contributed by atoms with van der Waals surface area (Å²) in [6, 6.07) is 5.69. The number of anilines is 1. The van der Waals surface area contributed by atoms with Gasteiger partial charge in [0, 0.05) is 32.7 Å². The molecule has 1 aliphatic heterocycles. The molecule has 0 unspecified atom stereocenters. The predicted molar refractivity (Wildman–Crippen MR) is 77.4 cm³/mol. The molecule has 0 spiro atoms. The van der Waals surface area contributed by atoms with Crippen LogP contribution in [0.25, 0.3) is 0 Å². The molecule has 1 amide bonds. The van der Waals surface area contributed by atoms with Crippen LogP contribution in [0.4, 0.5) is 23.7 Å². The van der Waals surface area contributed by atoms with Crippen molar-refractivity contribution >= 4 is 11.8 Å². The van der Waals surface area contributed by atoms with Crippen molar-refractivity contribution in [3.63, 3.8) is 0 Å². The summed E-state index contributed by atoms with van der Waals surface area (Å²) in [6.07, 6.45) is -5.18. The molecule has 9 heteroatoms. The highest BCUT2D eigenvalue weighted by atomic mass is 19.4. The van der Waals surface area contributed by atoms with Gasteiger partial charge in [0.15, 0.2) is 5.75 Å². The number of hydrogen-bond acceptors (Lipinski definition) is 5. The maximum absolute atomic E-state index is 12.3. The minimum atomic E-state index is -4.76. The van der Waals surface area contributed by atoms with Crippen LogP contribution in [-0.2, 0) is 4.74 Å². The van der Waals surface area contributed by atoms with E-state index >= 15 is 0 Å². The number of para-hydroxylation sites is 2. The average molecular weight is 333 g/mol. The minimum absolute atomic E-state index is 0.0448. The van der Waals surface area contributed by atoms with Gasteiger partial charge in [-0.2, -0.15) is 0 Å². The number of amides is 1. The lowest BCUT2D eigenvalue weighted by Crippen LogP contribution is -2.46. The predicted octanol–water partition coefficient (Wildman–Crippen LogP) is 2.04. The van der Waals surface area contributed by atoms with Crippen LogP contribution in [0.1, 0.15) is 0 Å². The van der Waals surface area contributed by atoms with E-state index in [4.69, 9.17) is 4.74 Å². The molecule has 1 heterocycles. The van der Waals surface area contributed by atoms with E-state index in [1.54, 1.807) is 11.0 Å². The Kier molecular flexibility index (Phi) is 5.91. The van der Waals surface area contributed by atoms with Crippen LogP contribution in [-0.4, -0.2) is 56.7 Å². The lowest BCUT2D eigenvalue weighted by Gasteiger charge is -2.26. The number of halogens is 3. The standard InChI is InChI=1S/C14H18F3N3O3/c15-14(16,17)23-12-4-2-1-3-11(12)19-7-10-22-13(21)20-8-5-18-6-9-20/h1-4,18-19H,5-10H2. The first-order valence-electron chi connectivity index (χ1n) is 7.17. The van der Waals surface area contributed by atoms with E-state index in [-0.39, 0.29) is 24.6 Å². The van der Waals surface area contributed by atoms with E-state index in [2.05, 4.69) is 15.4 Å². The monoisotopic (exact) mass is 333 g/mol. The van der Waals surface area contributed by atoms with E-state index in [1.165, 1.54) is 18.2 Å². The molecule has 6 nitrogen and oxygen atoms in total. The van der Waals surface area contributed by atoms with Gasteiger partial charge in [0.1, 0.15) is 6.61 Å². The second-order valence-electron chi connectivity index (χ2n) is 4.82. The summed E-state index contributed by atoms with van der Waals surface area (Å²) in [5.74, 6) is -0.326. The highest BCUT2D eigenvalue weighted by Crippen LogP contribution is 2.29. The van der Waals surface area contributed by atoms with E-state index < -0.39 is 12.5 Å². The number of benzene rings is 1. The Morgan fingerprint density at radius 1 is 1.26 bits per heavy atom. The van der Waals surface area contributed by atoms with Crippen LogP contribution in [0, 0.1) is 0 Å². The maximum atomic E-state index is 12.3. The number of rotatable bonds is 5. The van der Waals surface area contributed by atoms with Crippen LogP contribution in [0.15, 0.2) is 24.3 Å². The molecule has 23 heavy (non-hydrogen) atoms. The van der Waals surface area contributed by atoms with Crippen LogP contribution in [0.3, 0.4) is 0 Å². The molecule has 0 aliphatic carbocycles. The van der Waals surface area contributed by atoms with Crippen molar-refractivity contribution in [2.24, 2.45) is 0 Å². The second kappa shape index (κ2) is 7.91. The SMILES string of the molecule is O=C(OCCNc1ccccc1OC(F)(F)F)N1CCNCC1. The first-order valence-corrected chi connectivity index (χ1v) is 7.17. The summed E-state index contributed by atoms with van der Waals surface area (Å²) < 4.78 is 45.9. The molecule has 2 rings (SSSR count). The third kappa shape index (κ3) is 5.85. The largest absolute Gasteiger partial charge is 0.573 e. The average Bonchev–Trinajstić information content (AvgIpc) is 2.52. The summed E-state index contributed by atoms with van der Waals surface area (Å²) in [4.78, 5) is 13.3. The molecule has 0 aromatic heterocycles. The van der Waals surface area contributed by atoms with Gasteiger partial charge >= 0.3 is 12.5 Å². The molecule has 1 aromatic carbocycles. The van der Waals surface area contributed by atoms with Gasteiger partial charge in [-0.05, 0) is 12.1 Å². The number of ether oxygens (including phenoxy) is 2. The highest BCUT2D eigenvalue weighted by Gasteiger charge is 2.32. The van der Waals surface area contributed by atoms with Crippen LogP contribution in [0.2, 0.25) is 0 Å². The molecule has 1 aliphatic rings. The molecule has 1 fully saturated rings. The van der Waals surface area contributed by atoms with Crippen molar-refractivity contribution in [1.29, 1.82) is 0 Å². The van der Waals surface area contributed by atoms with Crippen LogP contribution >= 0.6 is 0 Å². The summed E-state index contributed by atoms with van der Waals surface area (Å²) in [7, 11) is 0. The number of carbonyl (C=O) groups excluding carboxylic acids is 1. The zero-order valence-corrected chi connectivity index (χ0v) is 12.4. The van der Waals surface area contributed by atoms with Crippen molar-refractivity contribution in [2.45, 2.75) is 6.36 Å². The van der Waals surface area contributed by atoms with Crippen molar-refractivity contribution in [1.82, 2.24) is 10.2 Å². The van der Waals surface area contributed by atoms with E-state index in [9.17, 15) is 18.0 Å². The smallest absolute Gasteiger partial charge is 0.448 e. The lowest BCUT2D eigenvalue weighted by atomic mass is 10.3. The van der Waals surface area contributed by atoms with Gasteiger partial charge in [-0.3, -0.25) is 0 Å². The Labute approximate surface area is 131 Å². The number of piperazine rings is 1. The summed E-state index contributed by atoms with van der Waals surface area (Å²) in [5, 5.41) is 5.88. The second-order valence-corrected chi connectivity index (χ2v) is 4.82. The van der Waals surface area contributed by atoms with Gasteiger partial charge in [-0.1, -0.05) is 12.1 Å². The van der Waals surface area contributed by atoms with E-state index in [0.717, 1.165) is 13.1 Å². The first kappa shape index (κ1) is 17.2. The number of nitrogens with one attached hydrogen (secondary N) is 2. The molecule has 128 valence electrons. The number of hydrogen-bond donors (Lipinski definition) is 2. The Morgan fingerprint density at radius 2 is 1.96 bits per heavy atom. The minimum Gasteiger partial charge on any atom is -0.448 e. The third-order valence-corrected chi connectivity index (χ3v) is 3.13. The molecule has 0 atom stereocenters. The zero-order chi connectivity index (χ0) is 16.7. The van der Waals surface area contributed by atoms with Gasteiger partial charge in [0.05, 0.1) is 5.69 Å². The molecule has 1 saturated heterocycles. The summed E-state index contributed by atoms with van der Waals surface area (Å²) >= 11 is 0. The van der Waals surface area contributed by atoms with Crippen LogP contribution < -0.4 is 15.4 Å². The summed E-state index contributed by atoms with van der Waals surface area (Å²) in [5.41, 5.74) is 0.183. The Balaban J connectivity index is 1.76. The van der Waals surface area contributed by atoms with Crippen molar-refractivity contribution in [3.05, 3.63) is 24.3 Å². The number of alkyl halides is 3. The fraction of sp³-hybridized carbons (Fsp3) is 0.500. The highest BCUT2D eigenvalue weighted by molar-refractivity contribution is 5.67. The first-order chi connectivity index (χ1) is 11.0. The normalized spacial score (nSPS) is 15.2. The molecule has 0 saturated carbocycles. The molecular weight excluding hydrogens is 315 g/mol. The number of nitrogens with zero attached hydrogens (tertiary/aromatic N) is 1. The van der Waals surface area contributed by atoms with Crippen molar-refractivity contribution < 1.29 is 27.4 Å². The third-order valence-electron chi connectivity index (χ3n) is 3.13. The Hall–Kier alpha value is -2.16. The Bertz CT molecular complexity index is 519. The Morgan fingerprint density at radius 3 is 2.65 bits per heavy atom. The zero-order valence-electron chi connectivity index (χ0n) is 12.4. The van der Waals surface area contributed by atoms with Gasteiger partial charge < -0.3 is 25.0 Å². The fourth-order valence-corrected chi connectivity index (χ4v) is 2.09. The lowest BCUT2D eigenvalue weighted by molar-refractivity contribution is -0.274. The topological polar surface area (TPSA) is 62.8 Å². The molecular formula is C14H18F3N3O3. The van der Waals surface area contributed by atoms with Gasteiger partial charge in [-0.15, -0.1) is 13.2 Å². The van der Waals surface area contributed by atoms with Gasteiger partial charge in [0.2, 0.25) is 0 Å². The molecule has 0 radical (unpaired) electrons. The molecule has 0 bridgehead atoms.